The number of hydrogen-bond acceptors (Lipinski definition) is 4. The fourth-order valence-corrected chi connectivity index (χ4v) is 6.02. The summed E-state index contributed by atoms with van der Waals surface area (Å²) in [6.45, 7) is -0.347. The minimum atomic E-state index is -4.06. The molecule has 4 rings (SSSR count). The molecule has 2 aromatic rings. The van der Waals surface area contributed by atoms with Gasteiger partial charge in [0.15, 0.2) is 0 Å². The first-order valence-corrected chi connectivity index (χ1v) is 11.5. The number of anilines is 1. The highest BCUT2D eigenvalue weighted by molar-refractivity contribution is 7.92. The Kier molecular flexibility index (Phi) is 5.69. The first kappa shape index (κ1) is 20.7. The Labute approximate surface area is 176 Å². The average Bonchev–Trinajstić information content (AvgIpc) is 3.35. The fraction of sp³-hybridized carbons (Fsp3) is 0.409. The molecule has 0 spiro atoms. The van der Waals surface area contributed by atoms with Crippen LogP contribution >= 0.6 is 0 Å². The number of sulfonamides is 1. The maximum absolute atomic E-state index is 13.3. The maximum Gasteiger partial charge on any atom is 0.264 e. The van der Waals surface area contributed by atoms with Gasteiger partial charge in [-0.3, -0.25) is 9.10 Å². The lowest BCUT2D eigenvalue weighted by atomic mass is 9.95. The van der Waals surface area contributed by atoms with Gasteiger partial charge in [-0.05, 0) is 79.6 Å². The van der Waals surface area contributed by atoms with Gasteiger partial charge in [0.2, 0.25) is 5.91 Å². The van der Waals surface area contributed by atoms with Crippen LogP contribution in [0.1, 0.15) is 25.7 Å². The van der Waals surface area contributed by atoms with Gasteiger partial charge in [0.05, 0.1) is 17.7 Å². The molecule has 1 amide bonds. The standard InChI is InChI=1S/C22H25FN2O4S/c1-29-19-8-6-18(7-9-19)25(30(27,28)20-10-4-17(23)5-11-20)14-22(26)24-21-13-15-2-3-16(21)12-15/h4-11,15-16,21H,2-3,12-14H2,1H3,(H,24,26)/t15-,16-,21-/m1/s1. The lowest BCUT2D eigenvalue weighted by Crippen LogP contribution is -2.46. The van der Waals surface area contributed by atoms with Crippen LogP contribution in [0.2, 0.25) is 0 Å². The molecule has 0 heterocycles. The normalized spacial score (nSPS) is 22.7. The molecule has 1 N–H and O–H groups in total. The minimum Gasteiger partial charge on any atom is -0.497 e. The van der Waals surface area contributed by atoms with Crippen LogP contribution in [-0.2, 0) is 14.8 Å². The number of nitrogens with zero attached hydrogens (tertiary/aromatic N) is 1. The van der Waals surface area contributed by atoms with Crippen LogP contribution in [0.25, 0.3) is 0 Å². The Bertz CT molecular complexity index is 1010. The fourth-order valence-electron chi connectivity index (χ4n) is 4.60. The molecule has 2 aliphatic rings. The minimum absolute atomic E-state index is 0.0764. The predicted molar refractivity (Wildman–Crippen MR) is 111 cm³/mol. The second kappa shape index (κ2) is 8.26. The molecule has 0 aliphatic heterocycles. The predicted octanol–water partition coefficient (Wildman–Crippen LogP) is 3.33. The van der Waals surface area contributed by atoms with Crippen LogP contribution in [0.4, 0.5) is 10.1 Å². The van der Waals surface area contributed by atoms with E-state index in [1.165, 1.54) is 25.7 Å². The average molecular weight is 433 g/mol. The molecule has 0 saturated heterocycles. The number of benzene rings is 2. The maximum atomic E-state index is 13.3. The van der Waals surface area contributed by atoms with Crippen molar-refractivity contribution in [2.45, 2.75) is 36.6 Å². The quantitative estimate of drug-likeness (QED) is 0.728. The number of carbonyl (C=O) groups excluding carboxylic acids is 1. The first-order chi connectivity index (χ1) is 14.4. The van der Waals surface area contributed by atoms with Gasteiger partial charge in [-0.1, -0.05) is 6.42 Å². The van der Waals surface area contributed by atoms with Gasteiger partial charge in [-0.2, -0.15) is 0 Å². The van der Waals surface area contributed by atoms with E-state index in [1.807, 2.05) is 0 Å². The van der Waals surface area contributed by atoms with Gasteiger partial charge in [0.1, 0.15) is 18.1 Å². The first-order valence-electron chi connectivity index (χ1n) is 10.1. The summed E-state index contributed by atoms with van der Waals surface area (Å²) in [5.74, 6) is 0.861. The van der Waals surface area contributed by atoms with E-state index in [2.05, 4.69) is 5.32 Å². The van der Waals surface area contributed by atoms with Gasteiger partial charge >= 0.3 is 0 Å². The zero-order chi connectivity index (χ0) is 21.3. The van der Waals surface area contributed by atoms with E-state index in [0.29, 0.717) is 23.3 Å². The van der Waals surface area contributed by atoms with Crippen molar-refractivity contribution >= 4 is 21.6 Å². The summed E-state index contributed by atoms with van der Waals surface area (Å²) in [5.41, 5.74) is 0.336. The summed E-state index contributed by atoms with van der Waals surface area (Å²) in [4.78, 5) is 12.7. The molecule has 3 atom stereocenters. The Morgan fingerprint density at radius 1 is 1.10 bits per heavy atom. The van der Waals surface area contributed by atoms with Crippen molar-refractivity contribution in [1.29, 1.82) is 0 Å². The Morgan fingerprint density at radius 2 is 1.80 bits per heavy atom. The zero-order valence-electron chi connectivity index (χ0n) is 16.8. The molecule has 0 unspecified atom stereocenters. The van der Waals surface area contributed by atoms with Gasteiger partial charge in [-0.15, -0.1) is 0 Å². The van der Waals surface area contributed by atoms with Gasteiger partial charge in [-0.25, -0.2) is 12.8 Å². The van der Waals surface area contributed by atoms with Crippen LogP contribution in [-0.4, -0.2) is 34.0 Å². The highest BCUT2D eigenvalue weighted by atomic mass is 32.2. The third-order valence-electron chi connectivity index (χ3n) is 6.13. The smallest absolute Gasteiger partial charge is 0.264 e. The number of carbonyl (C=O) groups is 1. The van der Waals surface area contributed by atoms with Crippen molar-refractivity contribution in [3.05, 3.63) is 54.3 Å². The molecular weight excluding hydrogens is 407 g/mol. The summed E-state index contributed by atoms with van der Waals surface area (Å²) >= 11 is 0. The summed E-state index contributed by atoms with van der Waals surface area (Å²) in [7, 11) is -2.55. The highest BCUT2D eigenvalue weighted by Crippen LogP contribution is 2.44. The molecule has 0 radical (unpaired) electrons. The largest absolute Gasteiger partial charge is 0.497 e. The zero-order valence-corrected chi connectivity index (χ0v) is 17.6. The molecule has 2 fully saturated rings. The van der Waals surface area contributed by atoms with E-state index >= 15 is 0 Å². The van der Waals surface area contributed by atoms with Crippen molar-refractivity contribution < 1.29 is 22.3 Å². The number of amides is 1. The van der Waals surface area contributed by atoms with Crippen LogP contribution < -0.4 is 14.4 Å². The lowest BCUT2D eigenvalue weighted by molar-refractivity contribution is -0.120. The Hall–Kier alpha value is -2.61. The van der Waals surface area contributed by atoms with Crippen molar-refractivity contribution in [3.8, 4) is 5.75 Å². The van der Waals surface area contributed by atoms with Crippen LogP contribution in [0.3, 0.4) is 0 Å². The van der Waals surface area contributed by atoms with Gasteiger partial charge in [0, 0.05) is 6.04 Å². The third kappa shape index (κ3) is 4.14. The molecule has 160 valence electrons. The highest BCUT2D eigenvalue weighted by Gasteiger charge is 2.40. The van der Waals surface area contributed by atoms with E-state index in [0.717, 1.165) is 35.7 Å². The second-order valence-electron chi connectivity index (χ2n) is 8.01. The number of rotatable bonds is 7. The van der Waals surface area contributed by atoms with Crippen LogP contribution in [0.15, 0.2) is 53.4 Å². The van der Waals surface area contributed by atoms with Crippen LogP contribution in [0, 0.1) is 17.7 Å². The Balaban J connectivity index is 1.59. The number of hydrogen-bond donors (Lipinski definition) is 1. The molecule has 2 aliphatic carbocycles. The van der Waals surface area contributed by atoms with Crippen molar-refractivity contribution in [1.82, 2.24) is 5.32 Å². The van der Waals surface area contributed by atoms with Gasteiger partial charge in [0.25, 0.3) is 10.0 Å². The van der Waals surface area contributed by atoms with Crippen molar-refractivity contribution in [3.63, 3.8) is 0 Å². The summed E-state index contributed by atoms with van der Waals surface area (Å²) in [6.07, 6.45) is 4.43. The molecule has 6 nitrogen and oxygen atoms in total. The topological polar surface area (TPSA) is 75.7 Å². The number of fused-ring (bicyclic) bond motifs is 2. The van der Waals surface area contributed by atoms with Crippen LogP contribution in [0.5, 0.6) is 5.75 Å². The number of ether oxygens (including phenoxy) is 1. The second-order valence-corrected chi connectivity index (χ2v) is 9.87. The molecule has 2 bridgehead atoms. The summed E-state index contributed by atoms with van der Waals surface area (Å²) in [5, 5.41) is 3.04. The number of halogens is 1. The van der Waals surface area contributed by atoms with Crippen molar-refractivity contribution in [2.75, 3.05) is 18.0 Å². The molecular formula is C22H25FN2O4S. The lowest BCUT2D eigenvalue weighted by Gasteiger charge is -2.27. The van der Waals surface area contributed by atoms with E-state index in [4.69, 9.17) is 4.74 Å². The van der Waals surface area contributed by atoms with Gasteiger partial charge < -0.3 is 10.1 Å². The summed E-state index contributed by atoms with van der Waals surface area (Å²) < 4.78 is 46.1. The van der Waals surface area contributed by atoms with E-state index in [9.17, 15) is 17.6 Å². The molecule has 2 saturated carbocycles. The number of nitrogens with one attached hydrogen (secondary N) is 1. The molecule has 0 aromatic heterocycles. The monoisotopic (exact) mass is 432 g/mol. The number of methoxy groups -OCH3 is 1. The molecule has 8 heteroatoms. The summed E-state index contributed by atoms with van der Waals surface area (Å²) in [6, 6.07) is 11.2. The molecule has 30 heavy (non-hydrogen) atoms. The third-order valence-corrected chi connectivity index (χ3v) is 7.92. The van der Waals surface area contributed by atoms with Crippen molar-refractivity contribution in [2.24, 2.45) is 11.8 Å². The van der Waals surface area contributed by atoms with E-state index in [1.54, 1.807) is 24.3 Å². The van der Waals surface area contributed by atoms with E-state index in [-0.39, 0.29) is 23.4 Å². The SMILES string of the molecule is COc1ccc(N(CC(=O)N[C@@H]2C[C@@H]3CC[C@@H]2C3)S(=O)(=O)c2ccc(F)cc2)cc1. The van der Waals surface area contributed by atoms with E-state index < -0.39 is 15.8 Å². The Morgan fingerprint density at radius 3 is 2.37 bits per heavy atom. The molecule has 2 aromatic carbocycles.